The molecule has 1 unspecified atom stereocenters. The molecule has 100 valence electrons. The first-order valence-corrected chi connectivity index (χ1v) is 5.66. The zero-order chi connectivity index (χ0) is 13.7. The molecule has 0 aliphatic rings. The normalized spacial score (nSPS) is 12.1. The van der Waals surface area contributed by atoms with Crippen molar-refractivity contribution in [3.8, 4) is 0 Å². The van der Waals surface area contributed by atoms with Crippen LogP contribution in [0.2, 0.25) is 0 Å². The number of hydrazine groups is 1. The lowest BCUT2D eigenvalue weighted by Gasteiger charge is -2.19. The smallest absolute Gasteiger partial charge is 0.255 e. The third kappa shape index (κ3) is 3.41. The summed E-state index contributed by atoms with van der Waals surface area (Å²) in [5, 5.41) is 9.17. The van der Waals surface area contributed by atoms with Crippen LogP contribution in [-0.4, -0.2) is 35.6 Å². The van der Waals surface area contributed by atoms with Crippen LogP contribution in [0.5, 0.6) is 0 Å². The third-order valence-corrected chi connectivity index (χ3v) is 2.62. The molecule has 1 rings (SSSR count). The van der Waals surface area contributed by atoms with E-state index >= 15 is 0 Å². The monoisotopic (exact) mass is 255 g/mol. The lowest BCUT2D eigenvalue weighted by atomic mass is 10.1. The van der Waals surface area contributed by atoms with E-state index in [9.17, 15) is 9.18 Å². The third-order valence-electron chi connectivity index (χ3n) is 2.62. The van der Waals surface area contributed by atoms with E-state index in [0.29, 0.717) is 13.0 Å². The van der Waals surface area contributed by atoms with Crippen molar-refractivity contribution < 1.29 is 14.3 Å². The maximum absolute atomic E-state index is 13.4. The van der Waals surface area contributed by atoms with Crippen LogP contribution in [0.4, 0.5) is 10.1 Å². The van der Waals surface area contributed by atoms with E-state index in [0.717, 1.165) is 0 Å². The van der Waals surface area contributed by atoms with Crippen LogP contribution in [0.1, 0.15) is 23.7 Å². The number of anilines is 1. The van der Waals surface area contributed by atoms with E-state index in [-0.39, 0.29) is 17.2 Å². The van der Waals surface area contributed by atoms with Crippen molar-refractivity contribution in [2.24, 2.45) is 5.84 Å². The summed E-state index contributed by atoms with van der Waals surface area (Å²) in [5.74, 6) is 4.29. The van der Waals surface area contributed by atoms with E-state index in [1.54, 1.807) is 14.0 Å². The van der Waals surface area contributed by atoms with Gasteiger partial charge in [-0.3, -0.25) is 10.6 Å². The van der Waals surface area contributed by atoms with Crippen molar-refractivity contribution in [2.75, 3.05) is 19.0 Å². The molecule has 6 heteroatoms. The zero-order valence-corrected chi connectivity index (χ0v) is 10.5. The zero-order valence-electron chi connectivity index (χ0n) is 10.5. The molecule has 0 spiro atoms. The van der Waals surface area contributed by atoms with Crippen molar-refractivity contribution >= 4 is 11.6 Å². The van der Waals surface area contributed by atoms with Crippen molar-refractivity contribution in [1.29, 1.82) is 0 Å². The number of nitrogens with one attached hydrogen (secondary N) is 1. The highest BCUT2D eigenvalue weighted by atomic mass is 19.1. The number of carbonyl (C=O) groups is 1. The first-order valence-electron chi connectivity index (χ1n) is 5.66. The lowest BCUT2D eigenvalue weighted by molar-refractivity contribution is 0.0769. The summed E-state index contributed by atoms with van der Waals surface area (Å²) in [6.07, 6.45) is -0.0250. The summed E-state index contributed by atoms with van der Waals surface area (Å²) in [5.41, 5.74) is 2.34. The van der Waals surface area contributed by atoms with Crippen LogP contribution in [-0.2, 0) is 0 Å². The highest BCUT2D eigenvalue weighted by molar-refractivity contribution is 5.99. The Bertz CT molecular complexity index is 424. The van der Waals surface area contributed by atoms with E-state index in [2.05, 4.69) is 5.43 Å². The highest BCUT2D eigenvalue weighted by Crippen LogP contribution is 2.20. The van der Waals surface area contributed by atoms with Crippen LogP contribution in [0.25, 0.3) is 0 Å². The number of carbonyl (C=O) groups excluding carboxylic acids is 1. The molecule has 0 aliphatic carbocycles. The fourth-order valence-corrected chi connectivity index (χ4v) is 1.54. The van der Waals surface area contributed by atoms with Crippen molar-refractivity contribution in [3.05, 3.63) is 29.6 Å². The number of amides is 1. The van der Waals surface area contributed by atoms with Crippen LogP contribution >= 0.6 is 0 Å². The van der Waals surface area contributed by atoms with Gasteiger partial charge >= 0.3 is 0 Å². The summed E-state index contributed by atoms with van der Waals surface area (Å²) in [4.78, 5) is 13.5. The van der Waals surface area contributed by atoms with Crippen molar-refractivity contribution in [3.63, 3.8) is 0 Å². The quantitative estimate of drug-likeness (QED) is 0.541. The molecule has 0 aliphatic heterocycles. The molecular formula is C12H18FN3O2. The largest absolute Gasteiger partial charge is 0.393 e. The maximum atomic E-state index is 13.4. The Morgan fingerprint density at radius 2 is 2.28 bits per heavy atom. The fraction of sp³-hybridized carbons (Fsp3) is 0.417. The van der Waals surface area contributed by atoms with Crippen LogP contribution in [0, 0.1) is 5.82 Å². The minimum atomic E-state index is -0.577. The standard InChI is InChI=1S/C12H18FN3O2/c1-8(17)6-7-16(2)12(18)9-4-3-5-10(13)11(9)15-14/h3-5,8,15,17H,6-7,14H2,1-2H3. The van der Waals surface area contributed by atoms with Crippen LogP contribution in [0.15, 0.2) is 18.2 Å². The second-order valence-corrected chi connectivity index (χ2v) is 4.17. The number of nitrogen functional groups attached to an aromatic ring is 1. The van der Waals surface area contributed by atoms with Gasteiger partial charge < -0.3 is 15.4 Å². The molecule has 0 saturated carbocycles. The van der Waals surface area contributed by atoms with Crippen molar-refractivity contribution in [1.82, 2.24) is 4.90 Å². The molecule has 0 saturated heterocycles. The summed E-state index contributed by atoms with van der Waals surface area (Å²) < 4.78 is 13.4. The summed E-state index contributed by atoms with van der Waals surface area (Å²) >= 11 is 0. The summed E-state index contributed by atoms with van der Waals surface area (Å²) in [6, 6.07) is 4.17. The molecular weight excluding hydrogens is 237 g/mol. The number of para-hydroxylation sites is 1. The van der Waals surface area contributed by atoms with Gasteiger partial charge in [0.05, 0.1) is 17.4 Å². The Morgan fingerprint density at radius 3 is 2.83 bits per heavy atom. The van der Waals surface area contributed by atoms with Gasteiger partial charge in [-0.05, 0) is 25.5 Å². The Kier molecular flexibility index (Phi) is 5.06. The van der Waals surface area contributed by atoms with Gasteiger partial charge in [0.25, 0.3) is 5.91 Å². The average Bonchev–Trinajstić information content (AvgIpc) is 2.34. The second kappa shape index (κ2) is 6.32. The molecule has 5 nitrogen and oxygen atoms in total. The van der Waals surface area contributed by atoms with Gasteiger partial charge in [-0.2, -0.15) is 0 Å². The summed E-state index contributed by atoms with van der Waals surface area (Å²) in [7, 11) is 1.59. The number of nitrogens with two attached hydrogens (primary N) is 1. The van der Waals surface area contributed by atoms with Crippen LogP contribution in [0.3, 0.4) is 0 Å². The predicted molar refractivity (Wildman–Crippen MR) is 67.5 cm³/mol. The van der Waals surface area contributed by atoms with E-state index < -0.39 is 11.9 Å². The Hall–Kier alpha value is -1.66. The van der Waals surface area contributed by atoms with Gasteiger partial charge in [0.1, 0.15) is 5.82 Å². The molecule has 0 radical (unpaired) electrons. The first kappa shape index (κ1) is 14.4. The molecule has 0 heterocycles. The molecule has 1 aromatic carbocycles. The van der Waals surface area contributed by atoms with E-state index in [1.165, 1.54) is 23.1 Å². The second-order valence-electron chi connectivity index (χ2n) is 4.17. The predicted octanol–water partition coefficient (Wildman–Crippen LogP) is 0.954. The van der Waals surface area contributed by atoms with Gasteiger partial charge in [-0.25, -0.2) is 4.39 Å². The number of hydrogen-bond donors (Lipinski definition) is 3. The van der Waals surface area contributed by atoms with Gasteiger partial charge in [0.2, 0.25) is 0 Å². The number of benzene rings is 1. The highest BCUT2D eigenvalue weighted by Gasteiger charge is 2.18. The fourth-order valence-electron chi connectivity index (χ4n) is 1.54. The number of halogens is 1. The van der Waals surface area contributed by atoms with E-state index in [4.69, 9.17) is 10.9 Å². The molecule has 1 aromatic rings. The topological polar surface area (TPSA) is 78.6 Å². The van der Waals surface area contributed by atoms with Gasteiger partial charge in [0, 0.05) is 13.6 Å². The molecule has 1 amide bonds. The number of hydrogen-bond acceptors (Lipinski definition) is 4. The minimum absolute atomic E-state index is 0.0219. The Labute approximate surface area is 105 Å². The van der Waals surface area contributed by atoms with Gasteiger partial charge in [-0.1, -0.05) is 6.07 Å². The van der Waals surface area contributed by atoms with Gasteiger partial charge in [0.15, 0.2) is 0 Å². The SMILES string of the molecule is CC(O)CCN(C)C(=O)c1cccc(F)c1NN. The molecule has 4 N–H and O–H groups in total. The number of rotatable bonds is 5. The van der Waals surface area contributed by atoms with Gasteiger partial charge in [-0.15, -0.1) is 0 Å². The lowest BCUT2D eigenvalue weighted by Crippen LogP contribution is -2.30. The minimum Gasteiger partial charge on any atom is -0.393 e. The molecule has 0 bridgehead atoms. The molecule has 18 heavy (non-hydrogen) atoms. The molecule has 0 fully saturated rings. The summed E-state index contributed by atoms with van der Waals surface area (Å²) in [6.45, 7) is 2.03. The van der Waals surface area contributed by atoms with Crippen molar-refractivity contribution in [2.45, 2.75) is 19.4 Å². The Balaban J connectivity index is 2.86. The maximum Gasteiger partial charge on any atom is 0.255 e. The number of aliphatic hydroxyl groups is 1. The first-order chi connectivity index (χ1) is 8.47. The molecule has 0 aromatic heterocycles. The van der Waals surface area contributed by atoms with E-state index in [1.807, 2.05) is 0 Å². The number of nitrogens with zero attached hydrogens (tertiary/aromatic N) is 1. The molecule has 1 atom stereocenters. The Morgan fingerprint density at radius 1 is 1.61 bits per heavy atom. The van der Waals surface area contributed by atoms with Crippen LogP contribution < -0.4 is 11.3 Å². The average molecular weight is 255 g/mol. The number of aliphatic hydroxyl groups excluding tert-OH is 1.